The van der Waals surface area contributed by atoms with Gasteiger partial charge in [-0.1, -0.05) is 18.2 Å². The lowest BCUT2D eigenvalue weighted by molar-refractivity contribution is -0.120. The molecule has 0 radical (unpaired) electrons. The van der Waals surface area contributed by atoms with E-state index in [-0.39, 0.29) is 11.7 Å². The first-order valence-electron chi connectivity index (χ1n) is 5.52. The van der Waals surface area contributed by atoms with Gasteiger partial charge in [-0.3, -0.25) is 4.79 Å². The van der Waals surface area contributed by atoms with E-state index in [1.807, 2.05) is 6.07 Å². The molecule has 0 spiro atoms. The first-order valence-corrected chi connectivity index (χ1v) is 6.67. The van der Waals surface area contributed by atoms with Gasteiger partial charge in [-0.15, -0.1) is 0 Å². The minimum Gasteiger partial charge on any atom is -0.355 e. The highest BCUT2D eigenvalue weighted by Crippen LogP contribution is 2.14. The van der Waals surface area contributed by atoms with Crippen molar-refractivity contribution in [3.63, 3.8) is 0 Å². The van der Waals surface area contributed by atoms with E-state index in [4.69, 9.17) is 5.73 Å². The number of carbonyl (C=O) groups excluding carboxylic acids is 1. The lowest BCUT2D eigenvalue weighted by Crippen LogP contribution is -2.27. The minimum absolute atomic E-state index is 0.0287. The maximum Gasteiger partial charge on any atom is 0.221 e. The number of amides is 1. The van der Waals surface area contributed by atoms with E-state index < -0.39 is 0 Å². The van der Waals surface area contributed by atoms with Crippen molar-refractivity contribution in [2.75, 3.05) is 18.8 Å². The maximum atomic E-state index is 13.2. The number of rotatable bonds is 7. The van der Waals surface area contributed by atoms with Crippen molar-refractivity contribution < 1.29 is 9.18 Å². The van der Waals surface area contributed by atoms with Crippen molar-refractivity contribution in [3.05, 3.63) is 35.6 Å². The first-order chi connectivity index (χ1) is 8.24. The van der Waals surface area contributed by atoms with Crippen molar-refractivity contribution >= 4 is 17.7 Å². The molecule has 0 aliphatic carbocycles. The van der Waals surface area contributed by atoms with Crippen LogP contribution in [0.15, 0.2) is 24.3 Å². The highest BCUT2D eigenvalue weighted by atomic mass is 32.2. The van der Waals surface area contributed by atoms with Gasteiger partial charge in [0, 0.05) is 31.0 Å². The fourth-order valence-electron chi connectivity index (χ4n) is 1.28. The van der Waals surface area contributed by atoms with E-state index in [0.29, 0.717) is 30.8 Å². The Hall–Kier alpha value is -1.07. The molecule has 0 bridgehead atoms. The van der Waals surface area contributed by atoms with Gasteiger partial charge in [0.15, 0.2) is 0 Å². The zero-order chi connectivity index (χ0) is 12.5. The Bertz CT molecular complexity index is 360. The summed E-state index contributed by atoms with van der Waals surface area (Å²) < 4.78 is 13.2. The topological polar surface area (TPSA) is 55.1 Å². The SMILES string of the molecule is NCCC(=O)NCCSCc1ccccc1F. The van der Waals surface area contributed by atoms with Crippen LogP contribution in [0.4, 0.5) is 4.39 Å². The van der Waals surface area contributed by atoms with Gasteiger partial charge in [-0.25, -0.2) is 4.39 Å². The predicted octanol–water partition coefficient (Wildman–Crippen LogP) is 1.52. The Morgan fingerprint density at radius 1 is 1.41 bits per heavy atom. The molecule has 0 saturated carbocycles. The average Bonchev–Trinajstić information content (AvgIpc) is 2.31. The molecule has 1 rings (SSSR count). The minimum atomic E-state index is -0.174. The molecule has 0 heterocycles. The Kier molecular flexibility index (Phi) is 6.65. The van der Waals surface area contributed by atoms with Crippen LogP contribution in [0.2, 0.25) is 0 Å². The van der Waals surface area contributed by atoms with E-state index in [0.717, 1.165) is 5.75 Å². The highest BCUT2D eigenvalue weighted by Gasteiger charge is 2.01. The maximum absolute atomic E-state index is 13.2. The highest BCUT2D eigenvalue weighted by molar-refractivity contribution is 7.98. The molecule has 1 aromatic carbocycles. The summed E-state index contributed by atoms with van der Waals surface area (Å²) in [7, 11) is 0. The van der Waals surface area contributed by atoms with Gasteiger partial charge in [0.05, 0.1) is 0 Å². The zero-order valence-electron chi connectivity index (χ0n) is 9.62. The molecule has 0 fully saturated rings. The van der Waals surface area contributed by atoms with Crippen molar-refractivity contribution in [2.45, 2.75) is 12.2 Å². The van der Waals surface area contributed by atoms with E-state index in [9.17, 15) is 9.18 Å². The summed E-state index contributed by atoms with van der Waals surface area (Å²) in [5.74, 6) is 1.19. The number of hydrogen-bond donors (Lipinski definition) is 2. The Morgan fingerprint density at radius 3 is 2.88 bits per heavy atom. The normalized spacial score (nSPS) is 10.2. The molecule has 94 valence electrons. The van der Waals surface area contributed by atoms with Crippen LogP contribution in [0.1, 0.15) is 12.0 Å². The third-order valence-corrected chi connectivity index (χ3v) is 3.16. The third-order valence-electron chi connectivity index (χ3n) is 2.16. The number of carbonyl (C=O) groups is 1. The van der Waals surface area contributed by atoms with Crippen LogP contribution in [0.25, 0.3) is 0 Å². The molecule has 0 atom stereocenters. The smallest absolute Gasteiger partial charge is 0.221 e. The average molecular weight is 256 g/mol. The molecular formula is C12H17FN2OS. The number of benzene rings is 1. The molecule has 0 saturated heterocycles. The molecule has 3 nitrogen and oxygen atoms in total. The lowest BCUT2D eigenvalue weighted by atomic mass is 10.2. The van der Waals surface area contributed by atoms with Crippen molar-refractivity contribution in [3.8, 4) is 0 Å². The van der Waals surface area contributed by atoms with Gasteiger partial charge >= 0.3 is 0 Å². The summed E-state index contributed by atoms with van der Waals surface area (Å²) in [6, 6.07) is 6.73. The summed E-state index contributed by atoms with van der Waals surface area (Å²) in [5, 5.41) is 2.75. The number of halogens is 1. The molecular weight excluding hydrogens is 239 g/mol. The van der Waals surface area contributed by atoms with E-state index in [1.165, 1.54) is 6.07 Å². The molecule has 3 N–H and O–H groups in total. The van der Waals surface area contributed by atoms with Gasteiger partial charge in [-0.05, 0) is 11.6 Å². The lowest BCUT2D eigenvalue weighted by Gasteiger charge is -2.05. The molecule has 0 aromatic heterocycles. The standard InChI is InChI=1S/C12H17FN2OS/c13-11-4-2-1-3-10(11)9-17-8-7-15-12(16)5-6-14/h1-4H,5-9,14H2,(H,15,16). The fourth-order valence-corrected chi connectivity index (χ4v) is 2.12. The molecule has 17 heavy (non-hydrogen) atoms. The van der Waals surface area contributed by atoms with E-state index in [2.05, 4.69) is 5.32 Å². The van der Waals surface area contributed by atoms with Crippen LogP contribution >= 0.6 is 11.8 Å². The quantitative estimate of drug-likeness (QED) is 0.727. The second kappa shape index (κ2) is 8.08. The monoisotopic (exact) mass is 256 g/mol. The third kappa shape index (κ3) is 5.70. The number of nitrogens with one attached hydrogen (secondary N) is 1. The molecule has 0 unspecified atom stereocenters. The van der Waals surface area contributed by atoms with Crippen molar-refractivity contribution in [1.29, 1.82) is 0 Å². The summed E-state index contributed by atoms with van der Waals surface area (Å²) in [6.07, 6.45) is 0.359. The molecule has 5 heteroatoms. The second-order valence-corrected chi connectivity index (χ2v) is 4.64. The molecule has 1 aromatic rings. The number of hydrogen-bond acceptors (Lipinski definition) is 3. The van der Waals surface area contributed by atoms with Crippen LogP contribution in [0.3, 0.4) is 0 Å². The predicted molar refractivity (Wildman–Crippen MR) is 69.2 cm³/mol. The van der Waals surface area contributed by atoms with E-state index >= 15 is 0 Å². The summed E-state index contributed by atoms with van der Waals surface area (Å²) in [6.45, 7) is 0.964. The first kappa shape index (κ1) is 14.0. The molecule has 0 aliphatic heterocycles. The summed E-state index contributed by atoms with van der Waals surface area (Å²) in [5.41, 5.74) is 5.94. The van der Waals surface area contributed by atoms with Gasteiger partial charge in [0.1, 0.15) is 5.82 Å². The van der Waals surface area contributed by atoms with Gasteiger partial charge in [-0.2, -0.15) is 11.8 Å². The van der Waals surface area contributed by atoms with Crippen LogP contribution in [-0.4, -0.2) is 24.7 Å². The summed E-state index contributed by atoms with van der Waals surface area (Å²) in [4.78, 5) is 11.1. The largest absolute Gasteiger partial charge is 0.355 e. The van der Waals surface area contributed by atoms with Crippen LogP contribution < -0.4 is 11.1 Å². The van der Waals surface area contributed by atoms with Gasteiger partial charge < -0.3 is 11.1 Å². The van der Waals surface area contributed by atoms with Gasteiger partial charge in [0.2, 0.25) is 5.91 Å². The Balaban J connectivity index is 2.13. The number of nitrogens with two attached hydrogens (primary N) is 1. The van der Waals surface area contributed by atoms with Crippen LogP contribution in [0.5, 0.6) is 0 Å². The Labute approximate surface area is 105 Å². The van der Waals surface area contributed by atoms with E-state index in [1.54, 1.807) is 23.9 Å². The fraction of sp³-hybridized carbons (Fsp3) is 0.417. The molecule has 0 aliphatic rings. The van der Waals surface area contributed by atoms with Crippen LogP contribution in [-0.2, 0) is 10.5 Å². The number of thioether (sulfide) groups is 1. The molecule has 1 amide bonds. The summed E-state index contributed by atoms with van der Waals surface area (Å²) >= 11 is 1.59. The zero-order valence-corrected chi connectivity index (χ0v) is 10.4. The van der Waals surface area contributed by atoms with Gasteiger partial charge in [0.25, 0.3) is 0 Å². The Morgan fingerprint density at radius 2 is 2.18 bits per heavy atom. The van der Waals surface area contributed by atoms with Crippen molar-refractivity contribution in [1.82, 2.24) is 5.32 Å². The van der Waals surface area contributed by atoms with Crippen molar-refractivity contribution in [2.24, 2.45) is 5.73 Å². The second-order valence-electron chi connectivity index (χ2n) is 3.53. The van der Waals surface area contributed by atoms with Crippen LogP contribution in [0, 0.1) is 5.82 Å².